The van der Waals surface area contributed by atoms with Crippen LogP contribution in [-0.4, -0.2) is 17.0 Å². The summed E-state index contributed by atoms with van der Waals surface area (Å²) in [5.41, 5.74) is 1.02. The highest BCUT2D eigenvalue weighted by atomic mass is 35.5. The van der Waals surface area contributed by atoms with Crippen LogP contribution in [0.5, 0.6) is 0 Å². The maximum Gasteiger partial charge on any atom is 0.335 e. The number of amides is 1. The molecule has 104 valence electrons. The molecule has 0 saturated heterocycles. The molecule has 0 saturated carbocycles. The monoisotopic (exact) mass is 300 g/mol. The van der Waals surface area contributed by atoms with E-state index in [1.165, 1.54) is 42.5 Å². The number of carboxylic acids is 1. The van der Waals surface area contributed by atoms with Crippen LogP contribution in [-0.2, 0) is 0 Å². The van der Waals surface area contributed by atoms with Crippen molar-refractivity contribution >= 4 is 29.2 Å². The van der Waals surface area contributed by atoms with Gasteiger partial charge in [-0.2, -0.15) is 5.26 Å². The summed E-state index contributed by atoms with van der Waals surface area (Å²) in [5, 5.41) is 20.4. The molecule has 2 rings (SSSR count). The summed E-state index contributed by atoms with van der Waals surface area (Å²) in [4.78, 5) is 23.0. The molecule has 2 aromatic carbocycles. The summed E-state index contributed by atoms with van der Waals surface area (Å²) in [6.45, 7) is 0. The minimum Gasteiger partial charge on any atom is -0.478 e. The zero-order valence-electron chi connectivity index (χ0n) is 10.6. The number of hydrogen-bond acceptors (Lipinski definition) is 3. The number of benzene rings is 2. The van der Waals surface area contributed by atoms with Crippen molar-refractivity contribution < 1.29 is 14.7 Å². The number of carboxylic acid groups (broad SMARTS) is 1. The molecule has 0 radical (unpaired) electrons. The fourth-order valence-corrected chi connectivity index (χ4v) is 1.81. The highest BCUT2D eigenvalue weighted by Crippen LogP contribution is 2.23. The molecule has 0 aliphatic heterocycles. The van der Waals surface area contributed by atoms with Gasteiger partial charge in [0, 0.05) is 5.56 Å². The summed E-state index contributed by atoms with van der Waals surface area (Å²) < 4.78 is 0. The molecule has 6 heteroatoms. The van der Waals surface area contributed by atoms with E-state index in [9.17, 15) is 9.59 Å². The quantitative estimate of drug-likeness (QED) is 0.911. The highest BCUT2D eigenvalue weighted by Gasteiger charge is 2.11. The summed E-state index contributed by atoms with van der Waals surface area (Å²) in [6, 6.07) is 12.0. The van der Waals surface area contributed by atoms with E-state index in [4.69, 9.17) is 22.0 Å². The lowest BCUT2D eigenvalue weighted by atomic mass is 10.1. The van der Waals surface area contributed by atoms with Crippen LogP contribution in [0, 0.1) is 11.3 Å². The number of nitriles is 1. The van der Waals surface area contributed by atoms with Crippen molar-refractivity contribution in [1.82, 2.24) is 0 Å². The number of anilines is 1. The third kappa shape index (κ3) is 3.38. The fourth-order valence-electron chi connectivity index (χ4n) is 1.64. The third-order valence-electron chi connectivity index (χ3n) is 2.74. The lowest BCUT2D eigenvalue weighted by molar-refractivity contribution is 0.0696. The van der Waals surface area contributed by atoms with Gasteiger partial charge < -0.3 is 10.4 Å². The maximum atomic E-state index is 12.0. The predicted molar refractivity (Wildman–Crippen MR) is 77.5 cm³/mol. The summed E-state index contributed by atoms with van der Waals surface area (Å²) >= 11 is 5.93. The Hall–Kier alpha value is -2.84. The molecule has 0 bridgehead atoms. The van der Waals surface area contributed by atoms with E-state index in [1.807, 2.05) is 6.07 Å². The molecule has 0 fully saturated rings. The lowest BCUT2D eigenvalue weighted by Crippen LogP contribution is -2.12. The van der Waals surface area contributed by atoms with Crippen LogP contribution in [0.2, 0.25) is 5.02 Å². The van der Waals surface area contributed by atoms with Gasteiger partial charge in [-0.15, -0.1) is 0 Å². The molecule has 2 N–H and O–H groups in total. The first-order chi connectivity index (χ1) is 10.0. The number of nitrogens with zero attached hydrogens (tertiary/aromatic N) is 1. The summed E-state index contributed by atoms with van der Waals surface area (Å²) in [7, 11) is 0. The third-order valence-corrected chi connectivity index (χ3v) is 3.07. The summed E-state index contributed by atoms with van der Waals surface area (Å²) in [6.07, 6.45) is 0. The second-order valence-electron chi connectivity index (χ2n) is 4.14. The lowest BCUT2D eigenvalue weighted by Gasteiger charge is -2.08. The SMILES string of the molecule is N#Cc1ccc(C(=O)Nc2cc(C(=O)O)ccc2Cl)cc1. The van der Waals surface area contributed by atoms with Crippen LogP contribution < -0.4 is 5.32 Å². The van der Waals surface area contributed by atoms with E-state index in [1.54, 1.807) is 0 Å². The molecule has 2 aromatic rings. The van der Waals surface area contributed by atoms with Crippen molar-refractivity contribution in [1.29, 1.82) is 5.26 Å². The van der Waals surface area contributed by atoms with Crippen LogP contribution >= 0.6 is 11.6 Å². The van der Waals surface area contributed by atoms with Crippen LogP contribution in [0.25, 0.3) is 0 Å². The minimum absolute atomic E-state index is 0.0227. The number of hydrogen-bond donors (Lipinski definition) is 2. The fraction of sp³-hybridized carbons (Fsp3) is 0. The molecular weight excluding hydrogens is 292 g/mol. The standard InChI is InChI=1S/C15H9ClN2O3/c16-12-6-5-11(15(20)21)7-13(12)18-14(19)10-3-1-9(8-17)2-4-10/h1-7H,(H,18,19)(H,20,21). The van der Waals surface area contributed by atoms with Crippen LogP contribution in [0.15, 0.2) is 42.5 Å². The zero-order chi connectivity index (χ0) is 15.4. The largest absolute Gasteiger partial charge is 0.478 e. The van der Waals surface area contributed by atoms with E-state index in [-0.39, 0.29) is 16.3 Å². The Morgan fingerprint density at radius 2 is 1.71 bits per heavy atom. The number of carbonyl (C=O) groups excluding carboxylic acids is 1. The molecule has 5 nitrogen and oxygen atoms in total. The van der Waals surface area contributed by atoms with Crippen molar-refractivity contribution in [2.75, 3.05) is 5.32 Å². The van der Waals surface area contributed by atoms with Crippen LogP contribution in [0.1, 0.15) is 26.3 Å². The Morgan fingerprint density at radius 3 is 2.29 bits per heavy atom. The average Bonchev–Trinajstić information content (AvgIpc) is 2.49. The Balaban J connectivity index is 2.24. The Morgan fingerprint density at radius 1 is 1.10 bits per heavy atom. The highest BCUT2D eigenvalue weighted by molar-refractivity contribution is 6.34. The molecule has 21 heavy (non-hydrogen) atoms. The van der Waals surface area contributed by atoms with Gasteiger partial charge in [-0.3, -0.25) is 4.79 Å². The molecule has 0 aromatic heterocycles. The van der Waals surface area contributed by atoms with Gasteiger partial charge in [-0.25, -0.2) is 4.79 Å². The molecule has 0 unspecified atom stereocenters. The van der Waals surface area contributed by atoms with Gasteiger partial charge in [0.2, 0.25) is 0 Å². The molecular formula is C15H9ClN2O3. The summed E-state index contributed by atoms with van der Waals surface area (Å²) in [5.74, 6) is -1.55. The van der Waals surface area contributed by atoms with E-state index in [0.717, 1.165) is 0 Å². The molecule has 0 aliphatic carbocycles. The number of rotatable bonds is 3. The second kappa shape index (κ2) is 6.07. The van der Waals surface area contributed by atoms with E-state index < -0.39 is 11.9 Å². The van der Waals surface area contributed by atoms with Gasteiger partial charge in [0.05, 0.1) is 27.9 Å². The zero-order valence-corrected chi connectivity index (χ0v) is 11.4. The minimum atomic E-state index is -1.11. The van der Waals surface area contributed by atoms with Crippen molar-refractivity contribution in [3.05, 3.63) is 64.2 Å². The van der Waals surface area contributed by atoms with Crippen molar-refractivity contribution in [2.45, 2.75) is 0 Å². The van der Waals surface area contributed by atoms with Gasteiger partial charge in [0.1, 0.15) is 0 Å². The van der Waals surface area contributed by atoms with Crippen molar-refractivity contribution in [3.63, 3.8) is 0 Å². The average molecular weight is 301 g/mol. The van der Waals surface area contributed by atoms with Gasteiger partial charge in [-0.1, -0.05) is 11.6 Å². The topological polar surface area (TPSA) is 90.2 Å². The van der Waals surface area contributed by atoms with E-state index in [0.29, 0.717) is 11.1 Å². The van der Waals surface area contributed by atoms with Crippen molar-refractivity contribution in [2.24, 2.45) is 0 Å². The van der Waals surface area contributed by atoms with Crippen molar-refractivity contribution in [3.8, 4) is 6.07 Å². The first kappa shape index (κ1) is 14.6. The number of aromatic carboxylic acids is 1. The van der Waals surface area contributed by atoms with Gasteiger partial charge in [-0.05, 0) is 42.5 Å². The van der Waals surface area contributed by atoms with Gasteiger partial charge in [0.15, 0.2) is 0 Å². The molecule has 0 heterocycles. The van der Waals surface area contributed by atoms with E-state index in [2.05, 4.69) is 5.32 Å². The normalized spacial score (nSPS) is 9.71. The Bertz CT molecular complexity index is 749. The van der Waals surface area contributed by atoms with Gasteiger partial charge in [0.25, 0.3) is 5.91 Å². The Kier molecular flexibility index (Phi) is 4.21. The number of carbonyl (C=O) groups is 2. The molecule has 0 spiro atoms. The second-order valence-corrected chi connectivity index (χ2v) is 4.55. The van der Waals surface area contributed by atoms with Gasteiger partial charge >= 0.3 is 5.97 Å². The predicted octanol–water partition coefficient (Wildman–Crippen LogP) is 3.16. The number of halogens is 1. The van der Waals surface area contributed by atoms with Crippen LogP contribution in [0.4, 0.5) is 5.69 Å². The first-order valence-corrected chi connectivity index (χ1v) is 6.23. The van der Waals surface area contributed by atoms with E-state index >= 15 is 0 Å². The smallest absolute Gasteiger partial charge is 0.335 e. The molecule has 0 aliphatic rings. The maximum absolute atomic E-state index is 12.0. The number of nitrogens with one attached hydrogen (secondary N) is 1. The molecule has 1 amide bonds. The Labute approximate surface area is 125 Å². The molecule has 0 atom stereocenters. The van der Waals surface area contributed by atoms with Crippen LogP contribution in [0.3, 0.4) is 0 Å². The first-order valence-electron chi connectivity index (χ1n) is 5.85.